The Hall–Kier alpha value is -2.83. The number of carbonyl (C=O) groups excluding carboxylic acids is 1. The summed E-state index contributed by atoms with van der Waals surface area (Å²) in [5, 5.41) is 0. The van der Waals surface area contributed by atoms with Crippen LogP contribution in [0, 0.1) is 0 Å². The molecule has 0 radical (unpaired) electrons. The Morgan fingerprint density at radius 2 is 1.47 bits per heavy atom. The molecule has 6 nitrogen and oxygen atoms in total. The zero-order valence-corrected chi connectivity index (χ0v) is 19.4. The van der Waals surface area contributed by atoms with Gasteiger partial charge in [-0.2, -0.15) is 0 Å². The minimum absolute atomic E-state index is 0.116. The van der Waals surface area contributed by atoms with Gasteiger partial charge in [-0.1, -0.05) is 36.4 Å². The fraction of sp³-hybridized carbons (Fsp3) is 0.423. The van der Waals surface area contributed by atoms with Crippen molar-refractivity contribution < 1.29 is 19.0 Å². The van der Waals surface area contributed by atoms with Crippen molar-refractivity contribution in [2.45, 2.75) is 12.8 Å². The van der Waals surface area contributed by atoms with Gasteiger partial charge in [0.05, 0.1) is 21.3 Å². The Labute approximate surface area is 191 Å². The molecular weight excluding hydrogens is 404 g/mol. The summed E-state index contributed by atoms with van der Waals surface area (Å²) in [4.78, 5) is 17.3. The zero-order chi connectivity index (χ0) is 22.8. The van der Waals surface area contributed by atoms with Crippen molar-refractivity contribution in [3.63, 3.8) is 0 Å². The number of hydrogen-bond donors (Lipinski definition) is 0. The Morgan fingerprint density at radius 3 is 2.03 bits per heavy atom. The second-order valence-electron chi connectivity index (χ2n) is 7.93. The van der Waals surface area contributed by atoms with E-state index in [4.69, 9.17) is 14.2 Å². The maximum atomic E-state index is 12.4. The van der Waals surface area contributed by atoms with Gasteiger partial charge in [-0.15, -0.1) is 0 Å². The number of allylic oxidation sites excluding steroid dienone is 1. The van der Waals surface area contributed by atoms with Crippen molar-refractivity contribution in [1.82, 2.24) is 9.80 Å². The quantitative estimate of drug-likeness (QED) is 0.500. The van der Waals surface area contributed by atoms with Crippen LogP contribution in [0.5, 0.6) is 17.2 Å². The van der Waals surface area contributed by atoms with E-state index in [1.807, 2.05) is 12.1 Å². The Bertz CT molecular complexity index is 865. The molecular formula is C26H34N2O4. The van der Waals surface area contributed by atoms with Crippen LogP contribution >= 0.6 is 0 Å². The molecule has 0 spiro atoms. The molecule has 0 saturated carbocycles. The van der Waals surface area contributed by atoms with Gasteiger partial charge in [0.25, 0.3) is 0 Å². The monoisotopic (exact) mass is 438 g/mol. The van der Waals surface area contributed by atoms with Gasteiger partial charge >= 0.3 is 0 Å². The second-order valence-corrected chi connectivity index (χ2v) is 7.93. The summed E-state index contributed by atoms with van der Waals surface area (Å²) >= 11 is 0. The Balaban J connectivity index is 1.42. The fourth-order valence-electron chi connectivity index (χ4n) is 3.91. The van der Waals surface area contributed by atoms with E-state index in [2.05, 4.69) is 40.1 Å². The summed E-state index contributed by atoms with van der Waals surface area (Å²) in [6, 6.07) is 14.3. The van der Waals surface area contributed by atoms with Crippen molar-refractivity contribution in [3.05, 3.63) is 59.7 Å². The standard InChI is InChI=1S/C26H34N2O4/c1-30-24-19-22(20-25(31-2)26(24)32-3)9-10-23(29)12-14-28-17-15-27(16-18-28)13-11-21-7-5-4-6-8-21/h4-10,19-20H,11-18H2,1-3H3/b10-9+. The first-order valence-electron chi connectivity index (χ1n) is 11.1. The van der Waals surface area contributed by atoms with Gasteiger partial charge in [-0.05, 0) is 35.8 Å². The zero-order valence-electron chi connectivity index (χ0n) is 19.4. The van der Waals surface area contributed by atoms with Gasteiger partial charge in [-0.3, -0.25) is 4.79 Å². The lowest BCUT2D eigenvalue weighted by Crippen LogP contribution is -2.47. The van der Waals surface area contributed by atoms with Crippen molar-refractivity contribution >= 4 is 11.9 Å². The number of rotatable bonds is 11. The van der Waals surface area contributed by atoms with E-state index in [-0.39, 0.29) is 5.78 Å². The van der Waals surface area contributed by atoms with Gasteiger partial charge in [0.15, 0.2) is 17.3 Å². The molecule has 0 aromatic heterocycles. The highest BCUT2D eigenvalue weighted by Gasteiger charge is 2.17. The average Bonchev–Trinajstić information content (AvgIpc) is 2.85. The third kappa shape index (κ3) is 6.84. The Morgan fingerprint density at radius 1 is 0.875 bits per heavy atom. The van der Waals surface area contributed by atoms with Gasteiger partial charge in [0.1, 0.15) is 0 Å². The third-order valence-electron chi connectivity index (χ3n) is 5.85. The topological polar surface area (TPSA) is 51.2 Å². The SMILES string of the molecule is COc1cc(/C=C/C(=O)CCN2CCN(CCc3ccccc3)CC2)cc(OC)c1OC. The molecule has 6 heteroatoms. The molecule has 172 valence electrons. The normalized spacial score (nSPS) is 15.1. The predicted molar refractivity (Wildman–Crippen MR) is 128 cm³/mol. The number of carbonyl (C=O) groups is 1. The number of nitrogens with zero attached hydrogens (tertiary/aromatic N) is 2. The molecule has 32 heavy (non-hydrogen) atoms. The van der Waals surface area contributed by atoms with E-state index in [9.17, 15) is 4.79 Å². The molecule has 1 aliphatic heterocycles. The fourth-order valence-corrected chi connectivity index (χ4v) is 3.91. The van der Waals surface area contributed by atoms with E-state index < -0.39 is 0 Å². The lowest BCUT2D eigenvalue weighted by Gasteiger charge is -2.34. The molecule has 0 aliphatic carbocycles. The predicted octanol–water partition coefficient (Wildman–Crippen LogP) is 3.55. The van der Waals surface area contributed by atoms with Crippen LogP contribution in [0.3, 0.4) is 0 Å². The molecule has 2 aromatic carbocycles. The van der Waals surface area contributed by atoms with Gasteiger partial charge in [-0.25, -0.2) is 0 Å². The lowest BCUT2D eigenvalue weighted by atomic mass is 10.1. The van der Waals surface area contributed by atoms with Gasteiger partial charge in [0, 0.05) is 45.7 Å². The Kier molecular flexibility index (Phi) is 9.13. The summed E-state index contributed by atoms with van der Waals surface area (Å²) in [6.07, 6.45) is 5.04. The molecule has 1 saturated heterocycles. The highest BCUT2D eigenvalue weighted by molar-refractivity contribution is 5.93. The van der Waals surface area contributed by atoms with E-state index in [1.54, 1.807) is 33.5 Å². The molecule has 3 rings (SSSR count). The molecule has 1 heterocycles. The van der Waals surface area contributed by atoms with Crippen LogP contribution in [0.2, 0.25) is 0 Å². The smallest absolute Gasteiger partial charge is 0.203 e. The molecule has 0 atom stereocenters. The maximum Gasteiger partial charge on any atom is 0.203 e. The number of methoxy groups -OCH3 is 3. The van der Waals surface area contributed by atoms with Crippen LogP contribution in [-0.2, 0) is 11.2 Å². The highest BCUT2D eigenvalue weighted by atomic mass is 16.5. The summed E-state index contributed by atoms with van der Waals surface area (Å²) in [6.45, 7) is 6.03. The minimum atomic E-state index is 0.116. The summed E-state index contributed by atoms with van der Waals surface area (Å²) in [5.74, 6) is 1.81. The van der Waals surface area contributed by atoms with Crippen molar-refractivity contribution in [1.29, 1.82) is 0 Å². The van der Waals surface area contributed by atoms with E-state index >= 15 is 0 Å². The lowest BCUT2D eigenvalue weighted by molar-refractivity contribution is -0.114. The van der Waals surface area contributed by atoms with Crippen molar-refractivity contribution in [3.8, 4) is 17.2 Å². The highest BCUT2D eigenvalue weighted by Crippen LogP contribution is 2.38. The van der Waals surface area contributed by atoms with Crippen LogP contribution in [0.4, 0.5) is 0 Å². The van der Waals surface area contributed by atoms with Crippen molar-refractivity contribution in [2.24, 2.45) is 0 Å². The van der Waals surface area contributed by atoms with E-state index in [1.165, 1.54) is 5.56 Å². The minimum Gasteiger partial charge on any atom is -0.493 e. The van der Waals surface area contributed by atoms with Gasteiger partial charge < -0.3 is 24.0 Å². The molecule has 1 fully saturated rings. The van der Waals surface area contributed by atoms with E-state index in [0.717, 1.165) is 51.3 Å². The molecule has 1 aliphatic rings. The van der Waals surface area contributed by atoms with Crippen LogP contribution in [0.25, 0.3) is 6.08 Å². The molecule has 0 amide bonds. The largest absolute Gasteiger partial charge is 0.493 e. The van der Waals surface area contributed by atoms with Crippen LogP contribution in [-0.4, -0.2) is 76.2 Å². The van der Waals surface area contributed by atoms with Crippen molar-refractivity contribution in [2.75, 3.05) is 60.6 Å². The first kappa shape index (κ1) is 23.8. The molecule has 0 bridgehead atoms. The molecule has 2 aromatic rings. The van der Waals surface area contributed by atoms with E-state index in [0.29, 0.717) is 23.7 Å². The number of piperazine rings is 1. The van der Waals surface area contributed by atoms with Crippen LogP contribution < -0.4 is 14.2 Å². The maximum absolute atomic E-state index is 12.4. The van der Waals surface area contributed by atoms with Crippen LogP contribution in [0.15, 0.2) is 48.5 Å². The number of ketones is 1. The average molecular weight is 439 g/mol. The summed E-state index contributed by atoms with van der Waals surface area (Å²) < 4.78 is 16.1. The number of ether oxygens (including phenoxy) is 3. The first-order chi connectivity index (χ1) is 15.6. The molecule has 0 N–H and O–H groups in total. The summed E-state index contributed by atoms with van der Waals surface area (Å²) in [7, 11) is 4.73. The third-order valence-corrected chi connectivity index (χ3v) is 5.85. The second kappa shape index (κ2) is 12.3. The number of hydrogen-bond acceptors (Lipinski definition) is 6. The number of benzene rings is 2. The molecule has 0 unspecified atom stereocenters. The van der Waals surface area contributed by atoms with Gasteiger partial charge in [0.2, 0.25) is 5.75 Å². The van der Waals surface area contributed by atoms with Crippen LogP contribution in [0.1, 0.15) is 17.5 Å². The first-order valence-corrected chi connectivity index (χ1v) is 11.1. The summed E-state index contributed by atoms with van der Waals surface area (Å²) in [5.41, 5.74) is 2.22.